The molecule has 2 aliphatic heterocycles. The first-order valence-electron chi connectivity index (χ1n) is 8.75. The van der Waals surface area contributed by atoms with Crippen molar-refractivity contribution in [3.05, 3.63) is 59.7 Å². The van der Waals surface area contributed by atoms with Gasteiger partial charge in [-0.2, -0.15) is 0 Å². The second-order valence-electron chi connectivity index (χ2n) is 6.40. The highest BCUT2D eigenvalue weighted by molar-refractivity contribution is 6.15. The number of benzene rings is 2. The Morgan fingerprint density at radius 1 is 1.00 bits per heavy atom. The monoisotopic (exact) mass is 335 g/mol. The van der Waals surface area contributed by atoms with Crippen LogP contribution in [0.2, 0.25) is 0 Å². The molecule has 1 N–H and O–H groups in total. The van der Waals surface area contributed by atoms with Crippen molar-refractivity contribution in [2.24, 2.45) is 0 Å². The van der Waals surface area contributed by atoms with Crippen LogP contribution in [0.15, 0.2) is 48.5 Å². The summed E-state index contributed by atoms with van der Waals surface area (Å²) in [6.07, 6.45) is 0.854. The summed E-state index contributed by atoms with van der Waals surface area (Å²) in [4.78, 5) is 30.1. The van der Waals surface area contributed by atoms with E-state index in [4.69, 9.17) is 0 Å². The molecule has 5 nitrogen and oxygen atoms in total. The molecule has 0 radical (unpaired) electrons. The third kappa shape index (κ3) is 1.95. The van der Waals surface area contributed by atoms with Gasteiger partial charge in [-0.3, -0.25) is 9.59 Å². The van der Waals surface area contributed by atoms with Crippen LogP contribution in [0.5, 0.6) is 0 Å². The third-order valence-electron chi connectivity index (χ3n) is 5.03. The van der Waals surface area contributed by atoms with Gasteiger partial charge >= 0.3 is 0 Å². The fourth-order valence-electron chi connectivity index (χ4n) is 3.98. The smallest absolute Gasteiger partial charge is 0.278 e. The summed E-state index contributed by atoms with van der Waals surface area (Å²) in [7, 11) is 0. The van der Waals surface area contributed by atoms with Gasteiger partial charge in [0.2, 0.25) is 5.66 Å². The molecule has 0 saturated heterocycles. The predicted octanol–water partition coefficient (Wildman–Crippen LogP) is 3.18. The minimum absolute atomic E-state index is 0.0831. The summed E-state index contributed by atoms with van der Waals surface area (Å²) < 4.78 is 0. The van der Waals surface area contributed by atoms with Crippen LogP contribution in [0.1, 0.15) is 36.2 Å². The Labute approximate surface area is 147 Å². The summed E-state index contributed by atoms with van der Waals surface area (Å²) >= 11 is 0. The van der Waals surface area contributed by atoms with Crippen LogP contribution in [0.25, 0.3) is 0 Å². The van der Waals surface area contributed by atoms with Crippen LogP contribution >= 0.6 is 0 Å². The number of amides is 2. The highest BCUT2D eigenvalue weighted by atomic mass is 16.2. The SMILES string of the molecule is CCCN1C(=O)C2(Nc3ccccc3C(=O)N2CC)c2ccccc21. The van der Waals surface area contributed by atoms with Gasteiger partial charge in [-0.05, 0) is 31.5 Å². The molecular formula is C20H21N3O2. The minimum atomic E-state index is -1.16. The van der Waals surface area contributed by atoms with Gasteiger partial charge in [-0.15, -0.1) is 0 Å². The lowest BCUT2D eigenvalue weighted by Crippen LogP contribution is -2.62. The average molecular weight is 335 g/mol. The number of nitrogens with zero attached hydrogens (tertiary/aromatic N) is 2. The van der Waals surface area contributed by atoms with E-state index in [0.29, 0.717) is 24.3 Å². The molecule has 1 spiro atoms. The third-order valence-corrected chi connectivity index (χ3v) is 5.03. The standard InChI is InChI=1S/C20H21N3O2/c1-3-13-22-17-12-8-6-10-15(17)20(19(22)25)21-16-11-7-5-9-14(16)18(24)23(20)4-2/h5-12,21H,3-4,13H2,1-2H3. The van der Waals surface area contributed by atoms with Crippen molar-refractivity contribution in [3.63, 3.8) is 0 Å². The Hall–Kier alpha value is -2.82. The number of likely N-dealkylation sites (N-methyl/N-ethyl adjacent to an activating group) is 1. The summed E-state index contributed by atoms with van der Waals surface area (Å²) in [5.41, 5.74) is 1.88. The Morgan fingerprint density at radius 2 is 1.72 bits per heavy atom. The molecule has 1 atom stereocenters. The maximum absolute atomic E-state index is 13.5. The van der Waals surface area contributed by atoms with Crippen molar-refractivity contribution in [2.75, 3.05) is 23.3 Å². The van der Waals surface area contributed by atoms with E-state index in [1.807, 2.05) is 56.3 Å². The quantitative estimate of drug-likeness (QED) is 0.937. The molecule has 1 unspecified atom stereocenters. The molecular weight excluding hydrogens is 314 g/mol. The molecule has 0 fully saturated rings. The molecule has 0 saturated carbocycles. The van der Waals surface area contributed by atoms with E-state index in [0.717, 1.165) is 17.7 Å². The zero-order valence-corrected chi connectivity index (χ0v) is 14.5. The average Bonchev–Trinajstić information content (AvgIpc) is 2.86. The normalized spacial score (nSPS) is 21.4. The zero-order valence-electron chi connectivity index (χ0n) is 14.5. The van der Waals surface area contributed by atoms with E-state index in [1.165, 1.54) is 0 Å². The van der Waals surface area contributed by atoms with Gasteiger partial charge < -0.3 is 15.1 Å². The Balaban J connectivity index is 1.96. The molecule has 0 bridgehead atoms. The van der Waals surface area contributed by atoms with E-state index >= 15 is 0 Å². The highest BCUT2D eigenvalue weighted by Crippen LogP contribution is 2.47. The van der Waals surface area contributed by atoms with E-state index in [2.05, 4.69) is 5.32 Å². The lowest BCUT2D eigenvalue weighted by Gasteiger charge is -2.44. The fraction of sp³-hybridized carbons (Fsp3) is 0.300. The molecule has 128 valence electrons. The molecule has 0 aliphatic carbocycles. The second-order valence-corrected chi connectivity index (χ2v) is 6.40. The number of nitrogens with one attached hydrogen (secondary N) is 1. The first-order chi connectivity index (χ1) is 12.1. The topological polar surface area (TPSA) is 52.7 Å². The summed E-state index contributed by atoms with van der Waals surface area (Å²) in [6, 6.07) is 15.1. The Morgan fingerprint density at radius 3 is 2.48 bits per heavy atom. The molecule has 4 rings (SSSR count). The summed E-state index contributed by atoms with van der Waals surface area (Å²) in [6.45, 7) is 5.04. The van der Waals surface area contributed by atoms with E-state index in [1.54, 1.807) is 15.9 Å². The second kappa shape index (κ2) is 5.62. The van der Waals surface area contributed by atoms with Crippen molar-refractivity contribution in [3.8, 4) is 0 Å². The summed E-state index contributed by atoms with van der Waals surface area (Å²) in [5.74, 6) is -0.196. The van der Waals surface area contributed by atoms with Gasteiger partial charge in [-0.25, -0.2) is 0 Å². The predicted molar refractivity (Wildman–Crippen MR) is 97.5 cm³/mol. The highest BCUT2D eigenvalue weighted by Gasteiger charge is 2.58. The zero-order chi connectivity index (χ0) is 17.6. The maximum atomic E-state index is 13.5. The van der Waals surface area contributed by atoms with Crippen molar-refractivity contribution in [2.45, 2.75) is 25.9 Å². The maximum Gasteiger partial charge on any atom is 0.278 e. The number of anilines is 2. The van der Waals surface area contributed by atoms with Crippen LogP contribution < -0.4 is 10.2 Å². The van der Waals surface area contributed by atoms with Crippen LogP contribution in [0.3, 0.4) is 0 Å². The van der Waals surface area contributed by atoms with Gasteiger partial charge in [0.25, 0.3) is 11.8 Å². The van der Waals surface area contributed by atoms with Gasteiger partial charge in [-0.1, -0.05) is 37.3 Å². The molecule has 2 amide bonds. The molecule has 5 heteroatoms. The number of para-hydroxylation sites is 2. The fourth-order valence-corrected chi connectivity index (χ4v) is 3.98. The van der Waals surface area contributed by atoms with Gasteiger partial charge in [0.15, 0.2) is 0 Å². The van der Waals surface area contributed by atoms with Crippen molar-refractivity contribution in [1.29, 1.82) is 0 Å². The number of hydrogen-bond acceptors (Lipinski definition) is 3. The van der Waals surface area contributed by atoms with Crippen LogP contribution in [-0.2, 0) is 10.5 Å². The van der Waals surface area contributed by atoms with Crippen LogP contribution in [0, 0.1) is 0 Å². The lowest BCUT2D eigenvalue weighted by atomic mass is 9.93. The molecule has 2 heterocycles. The van der Waals surface area contributed by atoms with E-state index < -0.39 is 5.66 Å². The van der Waals surface area contributed by atoms with Gasteiger partial charge in [0.05, 0.1) is 11.3 Å². The molecule has 0 aromatic heterocycles. The molecule has 2 aromatic rings. The first kappa shape index (κ1) is 15.7. The number of carbonyl (C=O) groups excluding carboxylic acids is 2. The van der Waals surface area contributed by atoms with Crippen LogP contribution in [-0.4, -0.2) is 29.8 Å². The van der Waals surface area contributed by atoms with Gasteiger partial charge in [0, 0.05) is 24.3 Å². The lowest BCUT2D eigenvalue weighted by molar-refractivity contribution is -0.127. The summed E-state index contributed by atoms with van der Waals surface area (Å²) in [5, 5.41) is 3.41. The first-order valence-corrected chi connectivity index (χ1v) is 8.75. The Bertz CT molecular complexity index is 864. The molecule has 25 heavy (non-hydrogen) atoms. The molecule has 2 aromatic carbocycles. The number of fused-ring (bicyclic) bond motifs is 3. The van der Waals surface area contributed by atoms with E-state index in [9.17, 15) is 9.59 Å². The number of rotatable bonds is 3. The minimum Gasteiger partial charge on any atom is -0.350 e. The number of carbonyl (C=O) groups is 2. The van der Waals surface area contributed by atoms with Crippen molar-refractivity contribution >= 4 is 23.2 Å². The van der Waals surface area contributed by atoms with Crippen molar-refractivity contribution in [1.82, 2.24) is 4.90 Å². The van der Waals surface area contributed by atoms with Gasteiger partial charge in [0.1, 0.15) is 0 Å². The largest absolute Gasteiger partial charge is 0.350 e. The van der Waals surface area contributed by atoms with Crippen LogP contribution in [0.4, 0.5) is 11.4 Å². The van der Waals surface area contributed by atoms with E-state index in [-0.39, 0.29) is 11.8 Å². The molecule has 2 aliphatic rings. The Kier molecular flexibility index (Phi) is 3.53. The van der Waals surface area contributed by atoms with Crippen molar-refractivity contribution < 1.29 is 9.59 Å². The number of hydrogen-bond donors (Lipinski definition) is 1.